The lowest BCUT2D eigenvalue weighted by atomic mass is 9.86. The minimum Gasteiger partial charge on any atom is -0.377 e. The highest BCUT2D eigenvalue weighted by atomic mass is 19.1. The van der Waals surface area contributed by atoms with Gasteiger partial charge in [0.1, 0.15) is 5.82 Å². The molecule has 146 valence electrons. The minimum atomic E-state index is -0.279. The molecule has 0 radical (unpaired) electrons. The number of carbonyl (C=O) groups excluding carboxylic acids is 1. The van der Waals surface area contributed by atoms with Crippen LogP contribution in [-0.2, 0) is 0 Å². The summed E-state index contributed by atoms with van der Waals surface area (Å²) in [5.74, 6) is -0.188. The maximum atomic E-state index is 13.4. The van der Waals surface area contributed by atoms with E-state index in [1.807, 2.05) is 42.5 Å². The van der Waals surface area contributed by atoms with Crippen molar-refractivity contribution in [1.29, 1.82) is 0 Å². The quantitative estimate of drug-likeness (QED) is 0.410. The molecule has 0 spiro atoms. The van der Waals surface area contributed by atoms with Gasteiger partial charge >= 0.3 is 0 Å². The standard InChI is InChI=1S/C27H20FNO/c28-22-13-11-20(12-14-22)25-17-26(30)24-16-21(18-7-3-1-4-8-18)15-23(27(24)29-25)19-9-5-2-6-10-19/h1-16,25,29H,17H2. The third-order valence-electron chi connectivity index (χ3n) is 5.61. The van der Waals surface area contributed by atoms with Gasteiger partial charge in [-0.3, -0.25) is 4.79 Å². The van der Waals surface area contributed by atoms with Crippen molar-refractivity contribution in [2.75, 3.05) is 5.32 Å². The summed E-state index contributed by atoms with van der Waals surface area (Å²) < 4.78 is 13.4. The lowest BCUT2D eigenvalue weighted by Crippen LogP contribution is -2.23. The van der Waals surface area contributed by atoms with E-state index in [2.05, 4.69) is 35.6 Å². The van der Waals surface area contributed by atoms with Gasteiger partial charge < -0.3 is 5.32 Å². The first-order valence-electron chi connectivity index (χ1n) is 10.0. The van der Waals surface area contributed by atoms with E-state index in [9.17, 15) is 9.18 Å². The molecule has 1 aliphatic rings. The second-order valence-electron chi connectivity index (χ2n) is 7.55. The van der Waals surface area contributed by atoms with Crippen LogP contribution in [0.2, 0.25) is 0 Å². The van der Waals surface area contributed by atoms with Gasteiger partial charge in [0, 0.05) is 17.5 Å². The predicted molar refractivity (Wildman–Crippen MR) is 119 cm³/mol. The lowest BCUT2D eigenvalue weighted by molar-refractivity contribution is 0.0972. The van der Waals surface area contributed by atoms with Gasteiger partial charge in [0.25, 0.3) is 0 Å². The van der Waals surface area contributed by atoms with Crippen molar-refractivity contribution < 1.29 is 9.18 Å². The number of halogens is 1. The van der Waals surface area contributed by atoms with Gasteiger partial charge in [-0.05, 0) is 46.5 Å². The van der Waals surface area contributed by atoms with Crippen LogP contribution in [0.1, 0.15) is 28.4 Å². The summed E-state index contributed by atoms with van der Waals surface area (Å²) in [6, 6.07) is 30.5. The molecule has 0 aromatic heterocycles. The molecule has 0 amide bonds. The molecule has 1 atom stereocenters. The highest BCUT2D eigenvalue weighted by Gasteiger charge is 2.28. The van der Waals surface area contributed by atoms with Gasteiger partial charge in [0.15, 0.2) is 5.78 Å². The van der Waals surface area contributed by atoms with Crippen molar-refractivity contribution >= 4 is 11.5 Å². The fourth-order valence-electron chi connectivity index (χ4n) is 4.08. The summed E-state index contributed by atoms with van der Waals surface area (Å²) in [5.41, 5.74) is 6.58. The smallest absolute Gasteiger partial charge is 0.167 e. The molecule has 1 unspecified atom stereocenters. The third-order valence-corrected chi connectivity index (χ3v) is 5.61. The number of carbonyl (C=O) groups is 1. The summed E-state index contributed by atoms with van der Waals surface area (Å²) in [6.45, 7) is 0. The Hall–Kier alpha value is -3.72. The van der Waals surface area contributed by atoms with Crippen LogP contribution in [0.25, 0.3) is 22.3 Å². The largest absolute Gasteiger partial charge is 0.377 e. The second-order valence-corrected chi connectivity index (χ2v) is 7.55. The number of hydrogen-bond donors (Lipinski definition) is 1. The Morgan fingerprint density at radius 1 is 0.700 bits per heavy atom. The normalized spacial score (nSPS) is 15.4. The Morgan fingerprint density at radius 3 is 1.97 bits per heavy atom. The molecule has 1 aliphatic heterocycles. The zero-order valence-corrected chi connectivity index (χ0v) is 16.3. The number of anilines is 1. The van der Waals surface area contributed by atoms with Crippen LogP contribution < -0.4 is 5.32 Å². The molecule has 0 saturated heterocycles. The van der Waals surface area contributed by atoms with Crippen LogP contribution in [0, 0.1) is 5.82 Å². The first kappa shape index (κ1) is 18.3. The van der Waals surface area contributed by atoms with Gasteiger partial charge in [-0.25, -0.2) is 4.39 Å². The van der Waals surface area contributed by atoms with Crippen LogP contribution in [0.15, 0.2) is 97.1 Å². The predicted octanol–water partition coefficient (Wildman–Crippen LogP) is 6.90. The molecule has 0 aliphatic carbocycles. The maximum Gasteiger partial charge on any atom is 0.167 e. The summed E-state index contributed by atoms with van der Waals surface area (Å²) in [4.78, 5) is 13.2. The molecule has 0 bridgehead atoms. The van der Waals surface area contributed by atoms with Crippen LogP contribution >= 0.6 is 0 Å². The van der Waals surface area contributed by atoms with Gasteiger partial charge in [0.2, 0.25) is 0 Å². The first-order chi connectivity index (χ1) is 14.7. The Labute approximate surface area is 175 Å². The molecular formula is C27H20FNO. The number of nitrogens with one attached hydrogen (secondary N) is 1. The van der Waals surface area contributed by atoms with Crippen LogP contribution in [0.3, 0.4) is 0 Å². The topological polar surface area (TPSA) is 29.1 Å². The summed E-state index contributed by atoms with van der Waals surface area (Å²) >= 11 is 0. The van der Waals surface area contributed by atoms with E-state index in [1.54, 1.807) is 12.1 Å². The van der Waals surface area contributed by atoms with Crippen molar-refractivity contribution in [2.45, 2.75) is 12.5 Å². The van der Waals surface area contributed by atoms with Crippen LogP contribution in [0.4, 0.5) is 10.1 Å². The molecule has 2 nitrogen and oxygen atoms in total. The molecule has 1 N–H and O–H groups in total. The van der Waals surface area contributed by atoms with Crippen LogP contribution in [0.5, 0.6) is 0 Å². The number of rotatable bonds is 3. The van der Waals surface area contributed by atoms with E-state index in [0.29, 0.717) is 12.0 Å². The third kappa shape index (κ3) is 3.39. The average Bonchev–Trinajstić information content (AvgIpc) is 2.80. The Morgan fingerprint density at radius 2 is 1.30 bits per heavy atom. The molecule has 3 heteroatoms. The fourth-order valence-corrected chi connectivity index (χ4v) is 4.08. The maximum absolute atomic E-state index is 13.4. The van der Waals surface area contributed by atoms with E-state index >= 15 is 0 Å². The van der Waals surface area contributed by atoms with E-state index < -0.39 is 0 Å². The Balaban J connectivity index is 1.66. The van der Waals surface area contributed by atoms with Gasteiger partial charge in [0.05, 0.1) is 11.7 Å². The molecule has 5 rings (SSSR count). The SMILES string of the molecule is O=C1CC(c2ccc(F)cc2)Nc2c1cc(-c1ccccc1)cc2-c1ccccc1. The summed E-state index contributed by atoms with van der Waals surface area (Å²) in [6.07, 6.45) is 0.338. The Kier molecular flexibility index (Phi) is 4.64. The number of benzene rings is 4. The minimum absolute atomic E-state index is 0.0908. The molecule has 4 aromatic rings. The van der Waals surface area contributed by atoms with E-state index in [-0.39, 0.29) is 17.6 Å². The van der Waals surface area contributed by atoms with Gasteiger partial charge in [-0.15, -0.1) is 0 Å². The monoisotopic (exact) mass is 393 g/mol. The first-order valence-corrected chi connectivity index (χ1v) is 10.0. The molecule has 4 aromatic carbocycles. The van der Waals surface area contributed by atoms with Crippen LogP contribution in [-0.4, -0.2) is 5.78 Å². The summed E-state index contributed by atoms with van der Waals surface area (Å²) in [5, 5.41) is 3.57. The molecule has 1 heterocycles. The molecular weight excluding hydrogens is 373 g/mol. The van der Waals surface area contributed by atoms with Crippen molar-refractivity contribution in [3.63, 3.8) is 0 Å². The highest BCUT2D eigenvalue weighted by molar-refractivity contribution is 6.08. The number of fused-ring (bicyclic) bond motifs is 1. The van der Waals surface area contributed by atoms with Crippen molar-refractivity contribution in [3.8, 4) is 22.3 Å². The van der Waals surface area contributed by atoms with Crippen molar-refractivity contribution in [1.82, 2.24) is 0 Å². The molecule has 0 fully saturated rings. The fraction of sp³-hybridized carbons (Fsp3) is 0.0741. The number of hydrogen-bond acceptors (Lipinski definition) is 2. The molecule has 30 heavy (non-hydrogen) atoms. The second kappa shape index (κ2) is 7.60. The van der Waals surface area contributed by atoms with Gasteiger partial charge in [-0.1, -0.05) is 72.8 Å². The van der Waals surface area contributed by atoms with Crippen molar-refractivity contribution in [3.05, 3.63) is 114 Å². The van der Waals surface area contributed by atoms with E-state index in [4.69, 9.17) is 0 Å². The van der Waals surface area contributed by atoms with Crippen molar-refractivity contribution in [2.24, 2.45) is 0 Å². The number of Topliss-reactive ketones (excluding diaryl/α,β-unsaturated/α-hetero) is 1. The average molecular weight is 393 g/mol. The number of ketones is 1. The van der Waals surface area contributed by atoms with E-state index in [1.165, 1.54) is 12.1 Å². The summed E-state index contributed by atoms with van der Waals surface area (Å²) in [7, 11) is 0. The molecule has 0 saturated carbocycles. The van der Waals surface area contributed by atoms with Gasteiger partial charge in [-0.2, -0.15) is 0 Å². The Bertz CT molecular complexity index is 1200. The highest BCUT2D eigenvalue weighted by Crippen LogP contribution is 2.42. The van der Waals surface area contributed by atoms with E-state index in [0.717, 1.165) is 33.5 Å². The zero-order chi connectivity index (χ0) is 20.5. The lowest BCUT2D eigenvalue weighted by Gasteiger charge is -2.29. The zero-order valence-electron chi connectivity index (χ0n) is 16.3.